The Balaban J connectivity index is 2.34. The number of halogens is 4. The van der Waals surface area contributed by atoms with E-state index in [0.29, 0.717) is 9.50 Å². The van der Waals surface area contributed by atoms with Gasteiger partial charge in [0.1, 0.15) is 5.02 Å². The maximum Gasteiger partial charge on any atom is 0.238 e. The molecule has 2 rings (SSSR count). The summed E-state index contributed by atoms with van der Waals surface area (Å²) in [5.74, 6) is -0.356. The molecule has 0 N–H and O–H groups in total. The monoisotopic (exact) mass is 335 g/mol. The van der Waals surface area contributed by atoms with Gasteiger partial charge >= 0.3 is 0 Å². The molecule has 0 fully saturated rings. The standard InChI is InChI=1S/C11H5BrCl2FNO/c12-6-1-2-9(15)10(3-6)17-11-8(14)4-7(13)5-16-11/h1-5H. The van der Waals surface area contributed by atoms with Crippen molar-refractivity contribution in [2.75, 3.05) is 0 Å². The van der Waals surface area contributed by atoms with Crippen LogP contribution in [0.25, 0.3) is 0 Å². The van der Waals surface area contributed by atoms with E-state index < -0.39 is 5.82 Å². The van der Waals surface area contributed by atoms with Crippen LogP contribution in [0.1, 0.15) is 0 Å². The molecule has 88 valence electrons. The van der Waals surface area contributed by atoms with E-state index in [2.05, 4.69) is 20.9 Å². The van der Waals surface area contributed by atoms with Gasteiger partial charge in [0.25, 0.3) is 0 Å². The molecular formula is C11H5BrCl2FNO. The summed E-state index contributed by atoms with van der Waals surface area (Å²) < 4.78 is 19.4. The lowest BCUT2D eigenvalue weighted by Crippen LogP contribution is -1.91. The summed E-state index contributed by atoms with van der Waals surface area (Å²) >= 11 is 14.8. The fraction of sp³-hybridized carbons (Fsp3) is 0. The Labute approximate surface area is 115 Å². The molecule has 0 aliphatic carbocycles. The first-order valence-corrected chi connectivity index (χ1v) is 6.05. The van der Waals surface area contributed by atoms with Crippen LogP contribution in [0.4, 0.5) is 4.39 Å². The smallest absolute Gasteiger partial charge is 0.238 e. The number of aromatic nitrogens is 1. The third-order valence-electron chi connectivity index (χ3n) is 1.87. The van der Waals surface area contributed by atoms with Crippen LogP contribution in [-0.4, -0.2) is 4.98 Å². The number of pyridine rings is 1. The lowest BCUT2D eigenvalue weighted by Gasteiger charge is -2.07. The predicted molar refractivity (Wildman–Crippen MR) is 68.4 cm³/mol. The Morgan fingerprint density at radius 1 is 1.24 bits per heavy atom. The molecule has 2 aromatic rings. The number of rotatable bonds is 2. The minimum atomic E-state index is -0.499. The van der Waals surface area contributed by atoms with Gasteiger partial charge in [-0.25, -0.2) is 9.37 Å². The zero-order valence-corrected chi connectivity index (χ0v) is 11.4. The summed E-state index contributed by atoms with van der Waals surface area (Å²) in [5, 5.41) is 0.605. The van der Waals surface area contributed by atoms with E-state index >= 15 is 0 Å². The second-order valence-electron chi connectivity index (χ2n) is 3.12. The molecule has 17 heavy (non-hydrogen) atoms. The Morgan fingerprint density at radius 2 is 2.00 bits per heavy atom. The highest BCUT2D eigenvalue weighted by molar-refractivity contribution is 9.10. The van der Waals surface area contributed by atoms with E-state index in [1.165, 1.54) is 24.4 Å². The average molecular weight is 337 g/mol. The van der Waals surface area contributed by atoms with Crippen molar-refractivity contribution in [3.8, 4) is 11.6 Å². The van der Waals surface area contributed by atoms with Gasteiger partial charge in [-0.2, -0.15) is 0 Å². The first kappa shape index (κ1) is 12.6. The molecule has 0 atom stereocenters. The Hall–Kier alpha value is -0.840. The van der Waals surface area contributed by atoms with Gasteiger partial charge in [-0.15, -0.1) is 0 Å². The third kappa shape index (κ3) is 3.09. The molecule has 1 aromatic carbocycles. The Morgan fingerprint density at radius 3 is 2.71 bits per heavy atom. The SMILES string of the molecule is Fc1ccc(Br)cc1Oc1ncc(Cl)cc1Cl. The van der Waals surface area contributed by atoms with Gasteiger partial charge in [0.15, 0.2) is 11.6 Å². The molecule has 2 nitrogen and oxygen atoms in total. The molecule has 0 saturated heterocycles. The lowest BCUT2D eigenvalue weighted by atomic mass is 10.3. The summed E-state index contributed by atoms with van der Waals surface area (Å²) in [5.41, 5.74) is 0. The summed E-state index contributed by atoms with van der Waals surface area (Å²) in [6, 6.07) is 5.81. The Kier molecular flexibility index (Phi) is 3.86. The number of ether oxygens (including phenoxy) is 1. The van der Waals surface area contributed by atoms with Gasteiger partial charge < -0.3 is 4.74 Å². The predicted octanol–water partition coefficient (Wildman–Crippen LogP) is 5.08. The summed E-state index contributed by atoms with van der Waals surface area (Å²) in [6.45, 7) is 0. The van der Waals surface area contributed by atoms with Gasteiger partial charge in [-0.3, -0.25) is 0 Å². The van der Waals surface area contributed by atoms with E-state index in [0.717, 1.165) is 0 Å². The van der Waals surface area contributed by atoms with Gasteiger partial charge in [0, 0.05) is 10.7 Å². The van der Waals surface area contributed by atoms with Gasteiger partial charge in [0.05, 0.1) is 5.02 Å². The van der Waals surface area contributed by atoms with Crippen LogP contribution in [0.2, 0.25) is 10.0 Å². The summed E-state index contributed by atoms with van der Waals surface area (Å²) in [6.07, 6.45) is 1.37. The van der Waals surface area contributed by atoms with Gasteiger partial charge in [0.2, 0.25) is 5.88 Å². The number of hydrogen-bond acceptors (Lipinski definition) is 2. The number of nitrogens with zero attached hydrogens (tertiary/aromatic N) is 1. The largest absolute Gasteiger partial charge is 0.434 e. The van der Waals surface area contributed by atoms with Crippen LogP contribution in [0.15, 0.2) is 34.9 Å². The quantitative estimate of drug-likeness (QED) is 0.762. The molecule has 1 aromatic heterocycles. The highest BCUT2D eigenvalue weighted by Crippen LogP contribution is 2.31. The minimum absolute atomic E-state index is 0.0381. The molecule has 0 amide bonds. The second kappa shape index (κ2) is 5.21. The van der Waals surface area contributed by atoms with Crippen molar-refractivity contribution in [2.24, 2.45) is 0 Å². The molecule has 0 radical (unpaired) electrons. The number of hydrogen-bond donors (Lipinski definition) is 0. The maximum atomic E-state index is 13.4. The molecule has 0 aliphatic heterocycles. The van der Waals surface area contributed by atoms with E-state index in [4.69, 9.17) is 27.9 Å². The highest BCUT2D eigenvalue weighted by atomic mass is 79.9. The average Bonchev–Trinajstić information content (AvgIpc) is 2.27. The minimum Gasteiger partial charge on any atom is -0.434 e. The number of benzene rings is 1. The van der Waals surface area contributed by atoms with E-state index in [1.807, 2.05) is 0 Å². The van der Waals surface area contributed by atoms with Crippen LogP contribution >= 0.6 is 39.1 Å². The van der Waals surface area contributed by atoms with Crippen molar-refractivity contribution in [3.63, 3.8) is 0 Å². The van der Waals surface area contributed by atoms with Crippen LogP contribution < -0.4 is 4.74 Å². The summed E-state index contributed by atoms with van der Waals surface area (Å²) in [4.78, 5) is 3.88. The molecule has 0 bridgehead atoms. The Bertz CT molecular complexity index is 565. The molecule has 6 heteroatoms. The van der Waals surface area contributed by atoms with Crippen LogP contribution in [0.3, 0.4) is 0 Å². The fourth-order valence-corrected chi connectivity index (χ4v) is 1.90. The molecule has 0 aliphatic rings. The van der Waals surface area contributed by atoms with Crippen molar-refractivity contribution in [2.45, 2.75) is 0 Å². The topological polar surface area (TPSA) is 22.1 Å². The van der Waals surface area contributed by atoms with Crippen molar-refractivity contribution in [1.29, 1.82) is 0 Å². The van der Waals surface area contributed by atoms with E-state index in [9.17, 15) is 4.39 Å². The molecule has 0 saturated carbocycles. The fourth-order valence-electron chi connectivity index (χ4n) is 1.14. The zero-order chi connectivity index (χ0) is 12.4. The zero-order valence-electron chi connectivity index (χ0n) is 8.25. The van der Waals surface area contributed by atoms with E-state index in [1.54, 1.807) is 6.07 Å². The van der Waals surface area contributed by atoms with Gasteiger partial charge in [-0.1, -0.05) is 39.1 Å². The van der Waals surface area contributed by atoms with Crippen molar-refractivity contribution >= 4 is 39.1 Å². The van der Waals surface area contributed by atoms with Crippen LogP contribution in [-0.2, 0) is 0 Å². The van der Waals surface area contributed by atoms with Crippen LogP contribution in [0, 0.1) is 5.82 Å². The van der Waals surface area contributed by atoms with Crippen molar-refractivity contribution < 1.29 is 9.13 Å². The highest BCUT2D eigenvalue weighted by Gasteiger charge is 2.09. The first-order chi connectivity index (χ1) is 8.06. The normalized spacial score (nSPS) is 10.4. The molecular weight excluding hydrogens is 332 g/mol. The second-order valence-corrected chi connectivity index (χ2v) is 4.88. The molecule has 1 heterocycles. The summed E-state index contributed by atoms with van der Waals surface area (Å²) in [7, 11) is 0. The maximum absolute atomic E-state index is 13.4. The van der Waals surface area contributed by atoms with Crippen LogP contribution in [0.5, 0.6) is 11.6 Å². The molecule has 0 spiro atoms. The first-order valence-electron chi connectivity index (χ1n) is 4.50. The van der Waals surface area contributed by atoms with Gasteiger partial charge in [-0.05, 0) is 24.3 Å². The van der Waals surface area contributed by atoms with Crippen molar-refractivity contribution in [1.82, 2.24) is 4.98 Å². The lowest BCUT2D eigenvalue weighted by molar-refractivity contribution is 0.427. The molecule has 0 unspecified atom stereocenters. The van der Waals surface area contributed by atoms with Crippen molar-refractivity contribution in [3.05, 3.63) is 50.8 Å². The van der Waals surface area contributed by atoms with E-state index in [-0.39, 0.29) is 16.7 Å². The third-order valence-corrected chi connectivity index (χ3v) is 2.84.